The van der Waals surface area contributed by atoms with E-state index in [0.29, 0.717) is 28.9 Å². The summed E-state index contributed by atoms with van der Waals surface area (Å²) in [5.41, 5.74) is 1.93. The number of ether oxygens (including phenoxy) is 2. The Balaban J connectivity index is 1.24. The number of esters is 2. The third-order valence-corrected chi connectivity index (χ3v) is 10.2. The maximum absolute atomic E-state index is 13.5. The first kappa shape index (κ1) is 29.0. The molecule has 6 nitrogen and oxygen atoms in total. The Morgan fingerprint density at radius 3 is 1.50 bits per heavy atom. The molecular formula is C34H30Br2O6. The van der Waals surface area contributed by atoms with E-state index < -0.39 is 25.2 Å². The molecule has 3 aromatic rings. The van der Waals surface area contributed by atoms with E-state index in [1.807, 2.05) is 6.07 Å². The molecule has 0 saturated heterocycles. The van der Waals surface area contributed by atoms with Crippen LogP contribution in [0.2, 0.25) is 0 Å². The molecule has 8 heteroatoms. The quantitative estimate of drug-likeness (QED) is 0.168. The van der Waals surface area contributed by atoms with E-state index in [-0.39, 0.29) is 28.1 Å². The van der Waals surface area contributed by atoms with Gasteiger partial charge in [-0.15, -0.1) is 0 Å². The summed E-state index contributed by atoms with van der Waals surface area (Å²) in [6.07, 6.45) is 7.10. The molecule has 0 radical (unpaired) electrons. The van der Waals surface area contributed by atoms with E-state index in [9.17, 15) is 19.2 Å². The molecule has 7 rings (SSSR count). The molecule has 0 spiro atoms. The summed E-state index contributed by atoms with van der Waals surface area (Å²) in [5.74, 6) is -0.164. The van der Waals surface area contributed by atoms with Gasteiger partial charge in [0.1, 0.15) is 0 Å². The number of ketones is 2. The number of hydrogen-bond acceptors (Lipinski definition) is 6. The van der Waals surface area contributed by atoms with E-state index in [1.54, 1.807) is 60.7 Å². The van der Waals surface area contributed by atoms with Gasteiger partial charge in [0, 0.05) is 20.1 Å². The highest BCUT2D eigenvalue weighted by Gasteiger charge is 2.51. The van der Waals surface area contributed by atoms with Crippen LogP contribution in [0.15, 0.2) is 75.7 Å². The van der Waals surface area contributed by atoms with Gasteiger partial charge in [0.2, 0.25) is 0 Å². The van der Waals surface area contributed by atoms with Crippen LogP contribution in [-0.4, -0.2) is 36.7 Å². The average Bonchev–Trinajstić information content (AvgIpc) is 2.98. The largest absolute Gasteiger partial charge is 0.454 e. The Morgan fingerprint density at radius 1 is 0.619 bits per heavy atom. The van der Waals surface area contributed by atoms with Gasteiger partial charge in [-0.05, 0) is 104 Å². The highest BCUT2D eigenvalue weighted by Crippen LogP contribution is 2.60. The monoisotopic (exact) mass is 692 g/mol. The van der Waals surface area contributed by atoms with Crippen LogP contribution >= 0.6 is 31.9 Å². The lowest BCUT2D eigenvalue weighted by molar-refractivity contribution is -0.00526. The SMILES string of the molecule is O=C(COC(=O)c1ccc(C23CC4CC(CC(C4)C2)C3)cc1C(=O)OCC(=O)c1ccc(Br)cc1)c1ccc(Br)cc1. The van der Waals surface area contributed by atoms with Crippen molar-refractivity contribution < 1.29 is 28.7 Å². The van der Waals surface area contributed by atoms with E-state index in [4.69, 9.17) is 9.47 Å². The van der Waals surface area contributed by atoms with Gasteiger partial charge in [-0.2, -0.15) is 0 Å². The first-order chi connectivity index (χ1) is 20.2. The third-order valence-electron chi connectivity index (χ3n) is 9.11. The predicted octanol–water partition coefficient (Wildman–Crippen LogP) is 7.76. The Labute approximate surface area is 261 Å². The standard InChI is InChI=1S/C34H30Br2O6/c35-26-6-1-23(2-7-26)30(37)18-41-32(39)28-10-5-25(34-15-20-11-21(16-34)13-22(12-20)17-34)14-29(28)33(40)42-19-31(38)24-3-8-27(36)9-4-24/h1-10,14,20-22H,11-13,15-19H2. The van der Waals surface area contributed by atoms with Gasteiger partial charge in [0.15, 0.2) is 24.8 Å². The molecule has 0 heterocycles. The predicted molar refractivity (Wildman–Crippen MR) is 164 cm³/mol. The van der Waals surface area contributed by atoms with E-state index >= 15 is 0 Å². The van der Waals surface area contributed by atoms with Crippen molar-refractivity contribution in [3.63, 3.8) is 0 Å². The van der Waals surface area contributed by atoms with Crippen molar-refractivity contribution in [2.75, 3.05) is 13.2 Å². The van der Waals surface area contributed by atoms with Crippen LogP contribution in [0.4, 0.5) is 0 Å². The summed E-state index contributed by atoms with van der Waals surface area (Å²) < 4.78 is 12.5. The van der Waals surface area contributed by atoms with E-state index in [0.717, 1.165) is 33.8 Å². The number of Topliss-reactive ketones (excluding diaryl/α,β-unsaturated/α-hetero) is 2. The zero-order valence-corrected chi connectivity index (χ0v) is 26.1. The lowest BCUT2D eigenvalue weighted by atomic mass is 9.48. The second-order valence-electron chi connectivity index (χ2n) is 12.0. The molecule has 4 aliphatic carbocycles. The minimum absolute atomic E-state index is 0.0169. The highest BCUT2D eigenvalue weighted by molar-refractivity contribution is 9.10. The normalized spacial score (nSPS) is 23.8. The maximum Gasteiger partial charge on any atom is 0.339 e. The number of rotatable bonds is 9. The smallest absolute Gasteiger partial charge is 0.339 e. The highest BCUT2D eigenvalue weighted by atomic mass is 79.9. The van der Waals surface area contributed by atoms with Crippen molar-refractivity contribution in [3.8, 4) is 0 Å². The van der Waals surface area contributed by atoms with Gasteiger partial charge >= 0.3 is 11.9 Å². The van der Waals surface area contributed by atoms with Crippen LogP contribution in [0.5, 0.6) is 0 Å². The van der Waals surface area contributed by atoms with Gasteiger partial charge in [-0.1, -0.05) is 62.2 Å². The molecule has 4 aliphatic rings. The number of benzene rings is 3. The molecule has 216 valence electrons. The average molecular weight is 694 g/mol. The van der Waals surface area contributed by atoms with Crippen molar-refractivity contribution in [1.82, 2.24) is 0 Å². The summed E-state index contributed by atoms with van der Waals surface area (Å²) in [6.45, 7) is -0.924. The molecule has 0 atom stereocenters. The van der Waals surface area contributed by atoms with E-state index in [1.165, 1.54) is 19.3 Å². The summed E-state index contributed by atoms with van der Waals surface area (Å²) >= 11 is 6.69. The zero-order valence-electron chi connectivity index (χ0n) is 22.9. The molecule has 0 aliphatic heterocycles. The van der Waals surface area contributed by atoms with Crippen molar-refractivity contribution in [2.24, 2.45) is 17.8 Å². The molecule has 0 unspecified atom stereocenters. The summed E-state index contributed by atoms with van der Waals surface area (Å²) in [4.78, 5) is 52.1. The Morgan fingerprint density at radius 2 is 1.05 bits per heavy atom. The molecular weight excluding hydrogens is 664 g/mol. The second kappa shape index (κ2) is 11.9. The summed E-state index contributed by atoms with van der Waals surface area (Å²) in [6, 6.07) is 18.9. The lowest BCUT2D eigenvalue weighted by Gasteiger charge is -2.57. The van der Waals surface area contributed by atoms with Crippen LogP contribution in [0.1, 0.15) is 85.5 Å². The zero-order chi connectivity index (χ0) is 29.4. The molecule has 4 saturated carbocycles. The Kier molecular flexibility index (Phi) is 8.20. The molecule has 42 heavy (non-hydrogen) atoms. The molecule has 4 bridgehead atoms. The molecule has 0 amide bonds. The topological polar surface area (TPSA) is 86.7 Å². The summed E-state index contributed by atoms with van der Waals surface area (Å²) in [5, 5.41) is 0. The van der Waals surface area contributed by atoms with Gasteiger partial charge in [-0.3, -0.25) is 9.59 Å². The van der Waals surface area contributed by atoms with Crippen LogP contribution in [0.25, 0.3) is 0 Å². The minimum atomic E-state index is -0.788. The molecule has 0 aromatic heterocycles. The van der Waals surface area contributed by atoms with Gasteiger partial charge < -0.3 is 9.47 Å². The Hall–Kier alpha value is -3.10. The van der Waals surface area contributed by atoms with Crippen molar-refractivity contribution in [3.05, 3.63) is 103 Å². The first-order valence-electron chi connectivity index (χ1n) is 14.3. The summed E-state index contributed by atoms with van der Waals surface area (Å²) in [7, 11) is 0. The molecule has 3 aromatic carbocycles. The van der Waals surface area contributed by atoms with Gasteiger partial charge in [0.05, 0.1) is 11.1 Å². The van der Waals surface area contributed by atoms with E-state index in [2.05, 4.69) is 31.9 Å². The fourth-order valence-electron chi connectivity index (χ4n) is 7.54. The number of hydrogen-bond donors (Lipinski definition) is 0. The van der Waals surface area contributed by atoms with Crippen LogP contribution in [0, 0.1) is 17.8 Å². The number of carbonyl (C=O) groups is 4. The van der Waals surface area contributed by atoms with Crippen LogP contribution in [-0.2, 0) is 14.9 Å². The van der Waals surface area contributed by atoms with Crippen LogP contribution in [0.3, 0.4) is 0 Å². The molecule has 4 fully saturated rings. The number of carbonyl (C=O) groups excluding carboxylic acids is 4. The Bertz CT molecular complexity index is 1510. The van der Waals surface area contributed by atoms with Crippen molar-refractivity contribution in [1.29, 1.82) is 0 Å². The molecule has 0 N–H and O–H groups in total. The second-order valence-corrected chi connectivity index (χ2v) is 13.8. The van der Waals surface area contributed by atoms with Crippen molar-refractivity contribution in [2.45, 2.75) is 43.9 Å². The van der Waals surface area contributed by atoms with Crippen LogP contribution < -0.4 is 0 Å². The third kappa shape index (κ3) is 6.02. The van der Waals surface area contributed by atoms with Crippen molar-refractivity contribution >= 4 is 55.4 Å². The maximum atomic E-state index is 13.5. The fraction of sp³-hybridized carbons (Fsp3) is 0.353. The fourth-order valence-corrected chi connectivity index (χ4v) is 8.07. The minimum Gasteiger partial charge on any atom is -0.454 e. The first-order valence-corrected chi connectivity index (χ1v) is 15.8. The van der Waals surface area contributed by atoms with Gasteiger partial charge in [0.25, 0.3) is 0 Å². The lowest BCUT2D eigenvalue weighted by Crippen LogP contribution is -2.48. The number of halogens is 2. The van der Waals surface area contributed by atoms with Gasteiger partial charge in [-0.25, -0.2) is 9.59 Å².